The number of β-lactam (4-membered cyclic amide) rings is 1. The summed E-state index contributed by atoms with van der Waals surface area (Å²) in [4.78, 5) is 45.0. The first-order valence-corrected chi connectivity index (χ1v) is 12.3. The number of hydrogen-bond donors (Lipinski definition) is 4. The van der Waals surface area contributed by atoms with Crippen molar-refractivity contribution in [1.29, 1.82) is 0 Å². The smallest absolute Gasteiger partial charge is 0.353 e. The number of rotatable bonds is 9. The quantitative estimate of drug-likeness (QED) is 0.356. The molecule has 34 heavy (non-hydrogen) atoms. The minimum absolute atomic E-state index is 0.0255. The van der Waals surface area contributed by atoms with E-state index in [2.05, 4.69) is 10.3 Å². The van der Waals surface area contributed by atoms with E-state index >= 15 is 0 Å². The van der Waals surface area contributed by atoms with Crippen LogP contribution in [0.3, 0.4) is 0 Å². The lowest BCUT2D eigenvalue weighted by Crippen LogP contribution is -2.63. The topological polar surface area (TPSA) is 162 Å². The maximum Gasteiger partial charge on any atom is 0.353 e. The maximum absolute atomic E-state index is 12.5. The molecule has 5 atom stereocenters. The SMILES string of the molecule is CC(C)[C@@H](CN)NC(=O)c1coc(N2CC(SC3=C(C(=O)O)N4C(=O)[C@H]([C@@H](C)O)[C@H]4[C@H]3C)C2)n1. The molecule has 4 heterocycles. The predicted octanol–water partition coefficient (Wildman–Crippen LogP) is 0.463. The van der Waals surface area contributed by atoms with Gasteiger partial charge >= 0.3 is 5.97 Å². The fourth-order valence-corrected chi connectivity index (χ4v) is 6.30. The Bertz CT molecular complexity index is 1020. The van der Waals surface area contributed by atoms with Crippen LogP contribution in [0, 0.1) is 17.8 Å². The molecule has 0 aromatic carbocycles. The summed E-state index contributed by atoms with van der Waals surface area (Å²) in [5.74, 6) is -2.37. The lowest BCUT2D eigenvalue weighted by Gasteiger charge is -2.46. The van der Waals surface area contributed by atoms with Gasteiger partial charge in [-0.2, -0.15) is 4.98 Å². The summed E-state index contributed by atoms with van der Waals surface area (Å²) in [6.07, 6.45) is 0.488. The second kappa shape index (κ2) is 9.23. The van der Waals surface area contributed by atoms with E-state index in [9.17, 15) is 24.6 Å². The van der Waals surface area contributed by atoms with Crippen molar-refractivity contribution in [3.8, 4) is 0 Å². The van der Waals surface area contributed by atoms with E-state index < -0.39 is 18.0 Å². The molecule has 0 bridgehead atoms. The standard InChI is InChI=1S/C22H31N5O6S/c1-9(2)13(5-23)24-19(29)14-8-33-22(25-14)26-6-12(7-26)34-18-10(3)16-15(11(4)28)20(30)27(16)17(18)21(31)32/h8-13,15-16,28H,5-7,23H2,1-4H3,(H,24,29)(H,31,32)/t10-,11-,13-,15-,16-/m1/s1. The fourth-order valence-electron chi connectivity index (χ4n) is 4.78. The third kappa shape index (κ3) is 4.07. The fraction of sp³-hybridized carbons (Fsp3) is 0.636. The Balaban J connectivity index is 1.38. The number of carbonyl (C=O) groups is 3. The molecule has 0 aliphatic carbocycles. The van der Waals surface area contributed by atoms with Crippen LogP contribution in [0.4, 0.5) is 6.01 Å². The molecule has 0 unspecified atom stereocenters. The number of carboxylic acid groups (broad SMARTS) is 1. The Morgan fingerprint density at radius 3 is 2.59 bits per heavy atom. The molecule has 5 N–H and O–H groups in total. The number of nitrogens with zero attached hydrogens (tertiary/aromatic N) is 3. The number of oxazole rings is 1. The Morgan fingerprint density at radius 1 is 1.35 bits per heavy atom. The molecule has 2 fully saturated rings. The normalized spacial score (nSPS) is 26.3. The van der Waals surface area contributed by atoms with Gasteiger partial charge in [0.15, 0.2) is 5.69 Å². The van der Waals surface area contributed by atoms with E-state index in [4.69, 9.17) is 10.2 Å². The van der Waals surface area contributed by atoms with Crippen LogP contribution < -0.4 is 16.0 Å². The lowest BCUT2D eigenvalue weighted by molar-refractivity contribution is -0.163. The van der Waals surface area contributed by atoms with Crippen molar-refractivity contribution in [2.45, 2.75) is 51.1 Å². The highest BCUT2D eigenvalue weighted by atomic mass is 32.2. The molecule has 4 rings (SSSR count). The molecular formula is C22H31N5O6S. The van der Waals surface area contributed by atoms with Gasteiger partial charge in [-0.25, -0.2) is 4.79 Å². The highest BCUT2D eigenvalue weighted by molar-refractivity contribution is 8.03. The molecule has 3 aliphatic heterocycles. The molecule has 1 aromatic rings. The molecule has 2 amide bonds. The first kappa shape index (κ1) is 24.6. The number of carboxylic acids is 1. The number of aromatic nitrogens is 1. The average Bonchev–Trinajstić information content (AvgIpc) is 3.30. The minimum atomic E-state index is -1.13. The van der Waals surface area contributed by atoms with Crippen molar-refractivity contribution in [2.75, 3.05) is 24.5 Å². The second-order valence-corrected chi connectivity index (χ2v) is 10.8. The van der Waals surface area contributed by atoms with Gasteiger partial charge in [0, 0.05) is 41.7 Å². The van der Waals surface area contributed by atoms with Crippen LogP contribution in [-0.2, 0) is 9.59 Å². The highest BCUT2D eigenvalue weighted by Gasteiger charge is 2.60. The van der Waals surface area contributed by atoms with Gasteiger partial charge in [0.25, 0.3) is 11.9 Å². The molecule has 186 valence electrons. The highest BCUT2D eigenvalue weighted by Crippen LogP contribution is 2.52. The molecule has 3 aliphatic rings. The maximum atomic E-state index is 12.5. The van der Waals surface area contributed by atoms with Gasteiger partial charge < -0.3 is 35.5 Å². The van der Waals surface area contributed by atoms with Crippen molar-refractivity contribution < 1.29 is 29.0 Å². The van der Waals surface area contributed by atoms with E-state index in [0.717, 1.165) is 0 Å². The summed E-state index contributed by atoms with van der Waals surface area (Å²) in [6, 6.07) is -0.155. The number of aliphatic carboxylic acids is 1. The van der Waals surface area contributed by atoms with Gasteiger partial charge in [-0.1, -0.05) is 20.8 Å². The number of nitrogens with two attached hydrogens (primary N) is 1. The van der Waals surface area contributed by atoms with Gasteiger partial charge in [-0.3, -0.25) is 9.59 Å². The lowest BCUT2D eigenvalue weighted by atomic mass is 9.79. The molecule has 0 radical (unpaired) electrons. The van der Waals surface area contributed by atoms with Gasteiger partial charge in [-0.05, 0) is 12.8 Å². The molecule has 0 spiro atoms. The van der Waals surface area contributed by atoms with Crippen LogP contribution in [-0.4, -0.2) is 81.0 Å². The van der Waals surface area contributed by atoms with E-state index in [1.165, 1.54) is 22.9 Å². The van der Waals surface area contributed by atoms with Crippen LogP contribution >= 0.6 is 11.8 Å². The van der Waals surface area contributed by atoms with Gasteiger partial charge in [0.05, 0.1) is 18.1 Å². The monoisotopic (exact) mass is 493 g/mol. The van der Waals surface area contributed by atoms with Crippen molar-refractivity contribution >= 4 is 35.6 Å². The molecule has 1 aromatic heterocycles. The van der Waals surface area contributed by atoms with E-state index in [-0.39, 0.29) is 52.4 Å². The summed E-state index contributed by atoms with van der Waals surface area (Å²) >= 11 is 1.45. The van der Waals surface area contributed by atoms with Gasteiger partial charge in [-0.15, -0.1) is 11.8 Å². The number of fused-ring (bicyclic) bond motifs is 1. The molecule has 2 saturated heterocycles. The van der Waals surface area contributed by atoms with Crippen LogP contribution in [0.1, 0.15) is 38.2 Å². The van der Waals surface area contributed by atoms with Crippen LogP contribution in [0.5, 0.6) is 0 Å². The first-order chi connectivity index (χ1) is 16.0. The van der Waals surface area contributed by atoms with Crippen LogP contribution in [0.2, 0.25) is 0 Å². The number of carbonyl (C=O) groups excluding carboxylic acids is 2. The summed E-state index contributed by atoms with van der Waals surface area (Å²) in [7, 11) is 0. The Hall–Kier alpha value is -2.57. The summed E-state index contributed by atoms with van der Waals surface area (Å²) in [5.41, 5.74) is 5.92. The third-order valence-electron chi connectivity index (χ3n) is 6.82. The number of amides is 2. The van der Waals surface area contributed by atoms with Gasteiger partial charge in [0.1, 0.15) is 12.0 Å². The number of anilines is 1. The number of thioether (sulfide) groups is 1. The summed E-state index contributed by atoms with van der Waals surface area (Å²) in [6.45, 7) is 8.86. The second-order valence-electron chi connectivity index (χ2n) is 9.49. The van der Waals surface area contributed by atoms with E-state index in [1.54, 1.807) is 6.92 Å². The summed E-state index contributed by atoms with van der Waals surface area (Å²) in [5, 5.41) is 22.7. The number of nitrogens with one attached hydrogen (secondary N) is 1. The van der Waals surface area contributed by atoms with Gasteiger partial charge in [0.2, 0.25) is 5.91 Å². The zero-order chi connectivity index (χ0) is 24.9. The van der Waals surface area contributed by atoms with Crippen molar-refractivity contribution in [3.63, 3.8) is 0 Å². The molecule has 12 heteroatoms. The average molecular weight is 494 g/mol. The van der Waals surface area contributed by atoms with Crippen LogP contribution in [0.25, 0.3) is 0 Å². The largest absolute Gasteiger partial charge is 0.477 e. The molecule has 0 saturated carbocycles. The Morgan fingerprint density at radius 2 is 2.03 bits per heavy atom. The number of aliphatic hydroxyl groups excluding tert-OH is 1. The number of aliphatic hydroxyl groups is 1. The molecular weight excluding hydrogens is 462 g/mol. The first-order valence-electron chi connectivity index (χ1n) is 11.4. The predicted molar refractivity (Wildman–Crippen MR) is 125 cm³/mol. The zero-order valence-electron chi connectivity index (χ0n) is 19.6. The number of hydrogen-bond acceptors (Lipinski definition) is 9. The van der Waals surface area contributed by atoms with Crippen LogP contribution in [0.15, 0.2) is 21.3 Å². The minimum Gasteiger partial charge on any atom is -0.477 e. The Labute approximate surface area is 201 Å². The summed E-state index contributed by atoms with van der Waals surface area (Å²) < 4.78 is 5.49. The van der Waals surface area contributed by atoms with E-state index in [0.29, 0.717) is 30.6 Å². The zero-order valence-corrected chi connectivity index (χ0v) is 20.4. The Kier molecular flexibility index (Phi) is 6.67. The third-order valence-corrected chi connectivity index (χ3v) is 8.27. The van der Waals surface area contributed by atoms with Crippen molar-refractivity contribution in [2.24, 2.45) is 23.5 Å². The van der Waals surface area contributed by atoms with Crippen molar-refractivity contribution in [3.05, 3.63) is 22.6 Å². The molecule has 11 nitrogen and oxygen atoms in total. The van der Waals surface area contributed by atoms with E-state index in [1.807, 2.05) is 25.7 Å². The van der Waals surface area contributed by atoms with Crippen molar-refractivity contribution in [1.82, 2.24) is 15.2 Å².